The minimum atomic E-state index is -0.240. The van der Waals surface area contributed by atoms with Crippen LogP contribution in [0.15, 0.2) is 48.7 Å². The summed E-state index contributed by atoms with van der Waals surface area (Å²) in [6.45, 7) is 0.274. The standard InChI is InChI=1S/C20H20N4O2/c21-11-15-4-3-14(19(25)23-16-5-6-16)10-18(15)24-20(26)13-2-1-12-7-8-22-17(12)9-13/h1-4,7-10,16,22H,5-6,11,21H2,(H,23,25)(H,24,26). The smallest absolute Gasteiger partial charge is 0.255 e. The van der Waals surface area contributed by atoms with Crippen LogP contribution in [0.2, 0.25) is 0 Å². The van der Waals surface area contributed by atoms with Gasteiger partial charge in [-0.2, -0.15) is 0 Å². The van der Waals surface area contributed by atoms with Crippen LogP contribution in [0.4, 0.5) is 5.69 Å². The summed E-state index contributed by atoms with van der Waals surface area (Å²) < 4.78 is 0. The Hall–Kier alpha value is -3.12. The molecule has 1 aliphatic carbocycles. The van der Waals surface area contributed by atoms with Crippen LogP contribution in [0.1, 0.15) is 39.1 Å². The lowest BCUT2D eigenvalue weighted by atomic mass is 10.1. The number of carbonyl (C=O) groups is 2. The van der Waals surface area contributed by atoms with E-state index in [1.54, 1.807) is 30.3 Å². The first kappa shape index (κ1) is 16.4. The van der Waals surface area contributed by atoms with Crippen LogP contribution < -0.4 is 16.4 Å². The number of fused-ring (bicyclic) bond motifs is 1. The molecule has 3 aromatic rings. The zero-order chi connectivity index (χ0) is 18.1. The van der Waals surface area contributed by atoms with Gasteiger partial charge in [-0.25, -0.2) is 0 Å². The van der Waals surface area contributed by atoms with Crippen molar-refractivity contribution >= 4 is 28.4 Å². The number of hydrogen-bond acceptors (Lipinski definition) is 3. The maximum absolute atomic E-state index is 12.7. The van der Waals surface area contributed by atoms with E-state index in [1.807, 2.05) is 18.3 Å². The van der Waals surface area contributed by atoms with Crippen molar-refractivity contribution in [3.8, 4) is 0 Å². The number of nitrogens with one attached hydrogen (secondary N) is 3. The highest BCUT2D eigenvalue weighted by atomic mass is 16.2. The Labute approximate surface area is 150 Å². The van der Waals surface area contributed by atoms with Gasteiger partial charge in [-0.15, -0.1) is 0 Å². The van der Waals surface area contributed by atoms with Gasteiger partial charge in [0.1, 0.15) is 0 Å². The molecule has 1 fully saturated rings. The van der Waals surface area contributed by atoms with E-state index in [4.69, 9.17) is 5.73 Å². The number of carbonyl (C=O) groups excluding carboxylic acids is 2. The number of nitrogens with two attached hydrogens (primary N) is 1. The fraction of sp³-hybridized carbons (Fsp3) is 0.200. The van der Waals surface area contributed by atoms with Crippen LogP contribution in [0.3, 0.4) is 0 Å². The third-order valence-electron chi connectivity index (χ3n) is 4.57. The summed E-state index contributed by atoms with van der Waals surface area (Å²) >= 11 is 0. The van der Waals surface area contributed by atoms with Gasteiger partial charge in [0.05, 0.1) is 0 Å². The van der Waals surface area contributed by atoms with Crippen LogP contribution in [0, 0.1) is 0 Å². The van der Waals surface area contributed by atoms with Crippen molar-refractivity contribution in [3.05, 3.63) is 65.4 Å². The molecule has 0 atom stereocenters. The van der Waals surface area contributed by atoms with E-state index < -0.39 is 0 Å². The predicted octanol–water partition coefficient (Wildman–Crippen LogP) is 2.77. The first-order valence-electron chi connectivity index (χ1n) is 8.66. The lowest BCUT2D eigenvalue weighted by Gasteiger charge is -2.12. The monoisotopic (exact) mass is 348 g/mol. The number of aromatic nitrogens is 1. The largest absolute Gasteiger partial charge is 0.361 e. The number of H-pyrrole nitrogens is 1. The molecule has 0 spiro atoms. The summed E-state index contributed by atoms with van der Waals surface area (Å²) in [4.78, 5) is 28.0. The normalized spacial score (nSPS) is 13.6. The van der Waals surface area contributed by atoms with Gasteiger partial charge in [0.15, 0.2) is 0 Å². The van der Waals surface area contributed by atoms with Gasteiger partial charge in [-0.1, -0.05) is 12.1 Å². The fourth-order valence-corrected chi connectivity index (χ4v) is 2.89. The number of rotatable bonds is 5. The molecule has 1 aliphatic rings. The zero-order valence-corrected chi connectivity index (χ0v) is 14.2. The number of anilines is 1. The summed E-state index contributed by atoms with van der Waals surface area (Å²) in [5, 5.41) is 6.88. The van der Waals surface area contributed by atoms with Gasteiger partial charge < -0.3 is 21.4 Å². The second kappa shape index (κ2) is 6.65. The maximum Gasteiger partial charge on any atom is 0.255 e. The first-order valence-corrected chi connectivity index (χ1v) is 8.66. The summed E-state index contributed by atoms with van der Waals surface area (Å²) in [6.07, 6.45) is 3.88. The van der Waals surface area contributed by atoms with Crippen LogP contribution >= 0.6 is 0 Å². The van der Waals surface area contributed by atoms with Gasteiger partial charge in [-0.3, -0.25) is 9.59 Å². The van der Waals surface area contributed by atoms with E-state index in [2.05, 4.69) is 15.6 Å². The van der Waals surface area contributed by atoms with E-state index in [0.717, 1.165) is 29.3 Å². The SMILES string of the molecule is NCc1ccc(C(=O)NC2CC2)cc1NC(=O)c1ccc2cc[nH]c2c1. The molecule has 132 valence electrons. The lowest BCUT2D eigenvalue weighted by Crippen LogP contribution is -2.25. The number of benzene rings is 2. The summed E-state index contributed by atoms with van der Waals surface area (Å²) in [7, 11) is 0. The highest BCUT2D eigenvalue weighted by Gasteiger charge is 2.24. The van der Waals surface area contributed by atoms with E-state index in [9.17, 15) is 9.59 Å². The van der Waals surface area contributed by atoms with Crippen molar-refractivity contribution < 1.29 is 9.59 Å². The molecule has 0 radical (unpaired) electrons. The molecule has 2 amide bonds. The second-order valence-electron chi connectivity index (χ2n) is 6.56. The molecule has 4 rings (SSSR count). The van der Waals surface area contributed by atoms with E-state index in [1.165, 1.54) is 0 Å². The highest BCUT2D eigenvalue weighted by Crippen LogP contribution is 2.22. The molecule has 5 N–H and O–H groups in total. The molecule has 0 aliphatic heterocycles. The van der Waals surface area contributed by atoms with Crippen LogP contribution in [-0.2, 0) is 6.54 Å². The van der Waals surface area contributed by atoms with E-state index in [0.29, 0.717) is 16.8 Å². The molecule has 6 nitrogen and oxygen atoms in total. The first-order chi connectivity index (χ1) is 12.6. The predicted molar refractivity (Wildman–Crippen MR) is 101 cm³/mol. The molecule has 1 heterocycles. The third-order valence-corrected chi connectivity index (χ3v) is 4.57. The Kier molecular flexibility index (Phi) is 4.18. The Morgan fingerprint density at radius 3 is 2.58 bits per heavy atom. The van der Waals surface area contributed by atoms with E-state index >= 15 is 0 Å². The quantitative estimate of drug-likeness (QED) is 0.570. The Morgan fingerprint density at radius 1 is 1.04 bits per heavy atom. The van der Waals surface area contributed by atoms with Gasteiger partial charge in [0.2, 0.25) is 0 Å². The van der Waals surface area contributed by atoms with Crippen molar-refractivity contribution in [1.82, 2.24) is 10.3 Å². The Balaban J connectivity index is 1.58. The third kappa shape index (κ3) is 3.32. The highest BCUT2D eigenvalue weighted by molar-refractivity contribution is 6.07. The summed E-state index contributed by atoms with van der Waals surface area (Å²) in [5.41, 5.74) is 9.08. The minimum absolute atomic E-state index is 0.126. The topological polar surface area (TPSA) is 100 Å². The average molecular weight is 348 g/mol. The van der Waals surface area contributed by atoms with E-state index in [-0.39, 0.29) is 24.4 Å². The van der Waals surface area contributed by atoms with Crippen LogP contribution in [-0.4, -0.2) is 22.8 Å². The van der Waals surface area contributed by atoms with Crippen LogP contribution in [0.25, 0.3) is 10.9 Å². The minimum Gasteiger partial charge on any atom is -0.361 e. The van der Waals surface area contributed by atoms with Crippen molar-refractivity contribution in [1.29, 1.82) is 0 Å². The van der Waals surface area contributed by atoms with Gasteiger partial charge in [0, 0.05) is 41.1 Å². The molecule has 2 aromatic carbocycles. The maximum atomic E-state index is 12.7. The van der Waals surface area contributed by atoms with Crippen molar-refractivity contribution in [3.63, 3.8) is 0 Å². The molecule has 6 heteroatoms. The summed E-state index contributed by atoms with van der Waals surface area (Å²) in [6, 6.07) is 12.9. The molecule has 0 bridgehead atoms. The second-order valence-corrected chi connectivity index (χ2v) is 6.56. The molecular weight excluding hydrogens is 328 g/mol. The summed E-state index contributed by atoms with van der Waals surface area (Å²) in [5.74, 6) is -0.365. The zero-order valence-electron chi connectivity index (χ0n) is 14.2. The van der Waals surface area contributed by atoms with Crippen molar-refractivity contribution in [2.45, 2.75) is 25.4 Å². The Bertz CT molecular complexity index is 988. The molecular formula is C20H20N4O2. The lowest BCUT2D eigenvalue weighted by molar-refractivity contribution is 0.0949. The number of hydrogen-bond donors (Lipinski definition) is 4. The molecule has 1 aromatic heterocycles. The van der Waals surface area contributed by atoms with Crippen molar-refractivity contribution in [2.24, 2.45) is 5.73 Å². The molecule has 1 saturated carbocycles. The fourth-order valence-electron chi connectivity index (χ4n) is 2.89. The van der Waals surface area contributed by atoms with Crippen LogP contribution in [0.5, 0.6) is 0 Å². The van der Waals surface area contributed by atoms with Crippen molar-refractivity contribution in [2.75, 3.05) is 5.32 Å². The number of amides is 2. The molecule has 26 heavy (non-hydrogen) atoms. The molecule has 0 saturated heterocycles. The van der Waals surface area contributed by atoms with Gasteiger partial charge in [0.25, 0.3) is 11.8 Å². The Morgan fingerprint density at radius 2 is 1.81 bits per heavy atom. The number of aromatic amines is 1. The van der Waals surface area contributed by atoms with Gasteiger partial charge in [-0.05, 0) is 54.1 Å². The van der Waals surface area contributed by atoms with Gasteiger partial charge >= 0.3 is 0 Å². The average Bonchev–Trinajstić information content (AvgIpc) is 3.34. The molecule has 0 unspecified atom stereocenters.